The standard InChI is InChI=1S/C14H19N3O3/c1-2-5-15-6-8-16(9-7-15)13-4-3-12(11-18)10-14(13)17(19)20/h3-4,10-11H,2,5-9H2,1H3. The average molecular weight is 277 g/mol. The predicted molar refractivity (Wildman–Crippen MR) is 77.4 cm³/mol. The second-order valence-corrected chi connectivity index (χ2v) is 4.95. The summed E-state index contributed by atoms with van der Waals surface area (Å²) in [6.07, 6.45) is 1.75. The van der Waals surface area contributed by atoms with Crippen LogP contribution in [0, 0.1) is 10.1 Å². The normalized spacial score (nSPS) is 16.1. The summed E-state index contributed by atoms with van der Waals surface area (Å²) in [7, 11) is 0. The maximum atomic E-state index is 11.2. The fourth-order valence-corrected chi connectivity index (χ4v) is 2.56. The van der Waals surface area contributed by atoms with Gasteiger partial charge in [-0.2, -0.15) is 0 Å². The second kappa shape index (κ2) is 6.47. The van der Waals surface area contributed by atoms with Crippen molar-refractivity contribution in [2.75, 3.05) is 37.6 Å². The van der Waals surface area contributed by atoms with Crippen LogP contribution in [0.2, 0.25) is 0 Å². The highest BCUT2D eigenvalue weighted by Gasteiger charge is 2.23. The van der Waals surface area contributed by atoms with E-state index in [2.05, 4.69) is 11.8 Å². The van der Waals surface area contributed by atoms with Gasteiger partial charge in [0.15, 0.2) is 0 Å². The molecule has 20 heavy (non-hydrogen) atoms. The van der Waals surface area contributed by atoms with Gasteiger partial charge >= 0.3 is 0 Å². The lowest BCUT2D eigenvalue weighted by molar-refractivity contribution is -0.384. The van der Waals surface area contributed by atoms with Crippen molar-refractivity contribution in [3.8, 4) is 0 Å². The molecular formula is C14H19N3O3. The Morgan fingerprint density at radius 3 is 2.55 bits per heavy atom. The van der Waals surface area contributed by atoms with Gasteiger partial charge in [-0.3, -0.25) is 19.8 Å². The summed E-state index contributed by atoms with van der Waals surface area (Å²) in [4.78, 5) is 25.9. The van der Waals surface area contributed by atoms with E-state index in [4.69, 9.17) is 0 Å². The number of carbonyl (C=O) groups excluding carboxylic acids is 1. The van der Waals surface area contributed by atoms with Gasteiger partial charge in [0.05, 0.1) is 4.92 Å². The third kappa shape index (κ3) is 3.14. The van der Waals surface area contributed by atoms with Gasteiger partial charge in [-0.25, -0.2) is 0 Å². The first-order valence-corrected chi connectivity index (χ1v) is 6.86. The molecule has 0 spiro atoms. The van der Waals surface area contributed by atoms with Gasteiger partial charge < -0.3 is 4.90 Å². The summed E-state index contributed by atoms with van der Waals surface area (Å²) in [6, 6.07) is 4.66. The van der Waals surface area contributed by atoms with Crippen LogP contribution in [0.25, 0.3) is 0 Å². The Morgan fingerprint density at radius 1 is 1.30 bits per heavy atom. The van der Waals surface area contributed by atoms with Crippen LogP contribution in [0.4, 0.5) is 11.4 Å². The van der Waals surface area contributed by atoms with Gasteiger partial charge in [-0.1, -0.05) is 6.92 Å². The molecule has 6 nitrogen and oxygen atoms in total. The SMILES string of the molecule is CCCN1CCN(c2ccc(C=O)cc2[N+](=O)[O-])CC1. The van der Waals surface area contributed by atoms with Gasteiger partial charge in [0.2, 0.25) is 0 Å². The van der Waals surface area contributed by atoms with E-state index in [0.29, 0.717) is 17.5 Å². The van der Waals surface area contributed by atoms with Crippen molar-refractivity contribution < 1.29 is 9.72 Å². The zero-order chi connectivity index (χ0) is 14.5. The Bertz CT molecular complexity index is 496. The molecule has 0 unspecified atom stereocenters. The first-order chi connectivity index (χ1) is 9.65. The van der Waals surface area contributed by atoms with Gasteiger partial charge in [-0.05, 0) is 25.1 Å². The molecule has 108 valence electrons. The molecule has 0 amide bonds. The van der Waals surface area contributed by atoms with E-state index in [-0.39, 0.29) is 5.69 Å². The number of carbonyl (C=O) groups is 1. The lowest BCUT2D eigenvalue weighted by Crippen LogP contribution is -2.46. The predicted octanol–water partition coefficient (Wildman–Crippen LogP) is 1.94. The number of piperazine rings is 1. The highest BCUT2D eigenvalue weighted by molar-refractivity contribution is 5.79. The molecule has 1 heterocycles. The second-order valence-electron chi connectivity index (χ2n) is 4.95. The van der Waals surface area contributed by atoms with Crippen LogP contribution >= 0.6 is 0 Å². The maximum Gasteiger partial charge on any atom is 0.293 e. The fraction of sp³-hybridized carbons (Fsp3) is 0.500. The monoisotopic (exact) mass is 277 g/mol. The highest BCUT2D eigenvalue weighted by atomic mass is 16.6. The molecule has 1 aliphatic heterocycles. The quantitative estimate of drug-likeness (QED) is 0.467. The van der Waals surface area contributed by atoms with Crippen LogP contribution in [0.5, 0.6) is 0 Å². The number of aldehydes is 1. The van der Waals surface area contributed by atoms with Crippen LogP contribution in [0.3, 0.4) is 0 Å². The number of nitrogens with zero attached hydrogens (tertiary/aromatic N) is 3. The van der Waals surface area contributed by atoms with Crippen LogP contribution in [0.15, 0.2) is 18.2 Å². The number of hydrogen-bond acceptors (Lipinski definition) is 5. The maximum absolute atomic E-state index is 11.2. The molecule has 1 saturated heterocycles. The van der Waals surface area contributed by atoms with E-state index in [1.54, 1.807) is 12.1 Å². The van der Waals surface area contributed by atoms with Crippen molar-refractivity contribution in [3.63, 3.8) is 0 Å². The van der Waals surface area contributed by atoms with E-state index in [1.807, 2.05) is 4.90 Å². The molecule has 1 aliphatic rings. The smallest absolute Gasteiger partial charge is 0.293 e. The van der Waals surface area contributed by atoms with E-state index in [1.165, 1.54) is 6.07 Å². The molecule has 0 bridgehead atoms. The molecule has 2 rings (SSSR count). The van der Waals surface area contributed by atoms with Crippen LogP contribution in [0.1, 0.15) is 23.7 Å². The van der Waals surface area contributed by atoms with Crippen molar-refractivity contribution in [1.29, 1.82) is 0 Å². The zero-order valence-electron chi connectivity index (χ0n) is 11.6. The highest BCUT2D eigenvalue weighted by Crippen LogP contribution is 2.29. The van der Waals surface area contributed by atoms with E-state index in [9.17, 15) is 14.9 Å². The minimum Gasteiger partial charge on any atom is -0.363 e. The summed E-state index contributed by atoms with van der Waals surface area (Å²) < 4.78 is 0. The Hall–Kier alpha value is -1.95. The summed E-state index contributed by atoms with van der Waals surface area (Å²) in [5.41, 5.74) is 0.959. The Balaban J connectivity index is 2.17. The number of nitro groups is 1. The molecule has 1 aromatic rings. The molecule has 0 radical (unpaired) electrons. The Labute approximate surface area is 118 Å². The number of benzene rings is 1. The molecule has 6 heteroatoms. The number of hydrogen-bond donors (Lipinski definition) is 0. The average Bonchev–Trinajstić information content (AvgIpc) is 2.48. The fourth-order valence-electron chi connectivity index (χ4n) is 2.56. The molecular weight excluding hydrogens is 258 g/mol. The van der Waals surface area contributed by atoms with Crippen LogP contribution < -0.4 is 4.90 Å². The Morgan fingerprint density at radius 2 is 2.00 bits per heavy atom. The van der Waals surface area contributed by atoms with Gasteiger partial charge in [0.25, 0.3) is 5.69 Å². The summed E-state index contributed by atoms with van der Waals surface area (Å²) in [5, 5.41) is 11.2. The molecule has 1 aromatic carbocycles. The van der Waals surface area contributed by atoms with Gasteiger partial charge in [0.1, 0.15) is 12.0 Å². The summed E-state index contributed by atoms with van der Waals surface area (Å²) in [5.74, 6) is 0. The van der Waals surface area contributed by atoms with Crippen molar-refractivity contribution >= 4 is 17.7 Å². The number of nitro benzene ring substituents is 1. The molecule has 0 atom stereocenters. The van der Waals surface area contributed by atoms with Crippen LogP contribution in [-0.2, 0) is 0 Å². The molecule has 0 aromatic heterocycles. The third-order valence-electron chi connectivity index (χ3n) is 3.59. The minimum atomic E-state index is -0.416. The van der Waals surface area contributed by atoms with E-state index in [0.717, 1.165) is 39.1 Å². The zero-order valence-corrected chi connectivity index (χ0v) is 11.6. The number of rotatable bonds is 5. The molecule has 0 aliphatic carbocycles. The number of anilines is 1. The Kier molecular flexibility index (Phi) is 4.68. The first-order valence-electron chi connectivity index (χ1n) is 6.86. The molecule has 0 saturated carbocycles. The van der Waals surface area contributed by atoms with Crippen molar-refractivity contribution in [2.45, 2.75) is 13.3 Å². The summed E-state index contributed by atoms with van der Waals surface area (Å²) in [6.45, 7) is 6.61. The topological polar surface area (TPSA) is 66.7 Å². The lowest BCUT2D eigenvalue weighted by atomic mass is 10.1. The van der Waals surface area contributed by atoms with Crippen molar-refractivity contribution in [3.05, 3.63) is 33.9 Å². The largest absolute Gasteiger partial charge is 0.363 e. The van der Waals surface area contributed by atoms with Crippen molar-refractivity contribution in [1.82, 2.24) is 4.90 Å². The summed E-state index contributed by atoms with van der Waals surface area (Å²) >= 11 is 0. The minimum absolute atomic E-state index is 0.0125. The van der Waals surface area contributed by atoms with E-state index < -0.39 is 4.92 Å². The van der Waals surface area contributed by atoms with Crippen LogP contribution in [-0.4, -0.2) is 48.8 Å². The molecule has 0 N–H and O–H groups in total. The first kappa shape index (κ1) is 14.5. The van der Waals surface area contributed by atoms with Gasteiger partial charge in [0, 0.05) is 37.8 Å². The molecule has 1 fully saturated rings. The van der Waals surface area contributed by atoms with E-state index >= 15 is 0 Å². The van der Waals surface area contributed by atoms with Crippen molar-refractivity contribution in [2.24, 2.45) is 0 Å². The van der Waals surface area contributed by atoms with Gasteiger partial charge in [-0.15, -0.1) is 0 Å². The lowest BCUT2D eigenvalue weighted by Gasteiger charge is -2.35. The third-order valence-corrected chi connectivity index (χ3v) is 3.59.